The van der Waals surface area contributed by atoms with Crippen LogP contribution in [-0.4, -0.2) is 14.9 Å². The van der Waals surface area contributed by atoms with E-state index in [2.05, 4.69) is 5.10 Å². The van der Waals surface area contributed by atoms with Gasteiger partial charge in [0.1, 0.15) is 11.4 Å². The summed E-state index contributed by atoms with van der Waals surface area (Å²) in [5, 5.41) is 13.3. The topological polar surface area (TPSA) is 73.3 Å². The fraction of sp³-hybridized carbons (Fsp3) is 0.308. The first-order valence-electron chi connectivity index (χ1n) is 5.84. The molecule has 3 N–H and O–H groups in total. The Morgan fingerprint density at radius 1 is 1.33 bits per heavy atom. The van der Waals surface area contributed by atoms with E-state index in [1.807, 2.05) is 19.1 Å². The van der Waals surface area contributed by atoms with Crippen molar-refractivity contribution in [2.75, 3.05) is 5.73 Å². The molecule has 96 valence electrons. The lowest BCUT2D eigenvalue weighted by Crippen LogP contribution is -1.97. The van der Waals surface area contributed by atoms with Crippen molar-refractivity contribution < 1.29 is 9.84 Å². The first-order valence-corrected chi connectivity index (χ1v) is 5.84. The number of aliphatic hydroxyl groups excluding tert-OH is 1. The normalized spacial score (nSPS) is 10.6. The summed E-state index contributed by atoms with van der Waals surface area (Å²) in [5.41, 5.74) is 8.22. The molecule has 0 aliphatic carbocycles. The number of hydrogen-bond acceptors (Lipinski definition) is 4. The van der Waals surface area contributed by atoms with E-state index in [0.29, 0.717) is 17.3 Å². The molecular formula is C13H17N3O2. The first kappa shape index (κ1) is 12.4. The molecule has 0 amide bonds. The van der Waals surface area contributed by atoms with Crippen LogP contribution in [0.25, 0.3) is 0 Å². The molecule has 2 aromatic rings. The van der Waals surface area contributed by atoms with Crippen molar-refractivity contribution in [3.8, 4) is 11.6 Å². The number of nitrogens with two attached hydrogens (primary N) is 1. The molecule has 1 aromatic carbocycles. The molecule has 0 fully saturated rings. The van der Waals surface area contributed by atoms with Gasteiger partial charge in [-0.3, -0.25) is 0 Å². The van der Waals surface area contributed by atoms with Crippen LogP contribution in [0, 0.1) is 0 Å². The van der Waals surface area contributed by atoms with Gasteiger partial charge in [-0.2, -0.15) is 5.10 Å². The standard InChI is InChI=1S/C13H17N3O2/c1-3-11-12(14)13(16(2)15-11)18-10-6-4-9(8-17)5-7-10/h4-7,17H,3,8,14H2,1-2H3. The largest absolute Gasteiger partial charge is 0.437 e. The Morgan fingerprint density at radius 3 is 2.50 bits per heavy atom. The molecule has 2 rings (SSSR count). The van der Waals surface area contributed by atoms with Gasteiger partial charge in [-0.1, -0.05) is 19.1 Å². The minimum absolute atomic E-state index is 0.0219. The third-order valence-corrected chi connectivity index (χ3v) is 2.76. The van der Waals surface area contributed by atoms with E-state index in [9.17, 15) is 0 Å². The number of nitrogen functional groups attached to an aromatic ring is 1. The van der Waals surface area contributed by atoms with Crippen molar-refractivity contribution in [2.24, 2.45) is 7.05 Å². The number of aryl methyl sites for hydroxylation is 2. The zero-order chi connectivity index (χ0) is 13.1. The minimum Gasteiger partial charge on any atom is -0.437 e. The molecule has 5 nitrogen and oxygen atoms in total. The summed E-state index contributed by atoms with van der Waals surface area (Å²) in [6.07, 6.45) is 0.770. The van der Waals surface area contributed by atoms with Gasteiger partial charge in [-0.25, -0.2) is 4.68 Å². The number of anilines is 1. The van der Waals surface area contributed by atoms with Crippen LogP contribution in [0.5, 0.6) is 11.6 Å². The highest BCUT2D eigenvalue weighted by molar-refractivity contribution is 5.54. The molecule has 0 aliphatic rings. The smallest absolute Gasteiger partial charge is 0.241 e. The highest BCUT2D eigenvalue weighted by Crippen LogP contribution is 2.29. The van der Waals surface area contributed by atoms with Gasteiger partial charge in [0.15, 0.2) is 0 Å². The van der Waals surface area contributed by atoms with E-state index < -0.39 is 0 Å². The van der Waals surface area contributed by atoms with Gasteiger partial charge in [0.2, 0.25) is 5.88 Å². The molecule has 0 aliphatic heterocycles. The van der Waals surface area contributed by atoms with Gasteiger partial charge in [0, 0.05) is 7.05 Å². The van der Waals surface area contributed by atoms with Crippen LogP contribution in [0.4, 0.5) is 5.69 Å². The van der Waals surface area contributed by atoms with E-state index in [1.165, 1.54) is 0 Å². The predicted octanol–water partition coefficient (Wildman–Crippen LogP) is 1.85. The van der Waals surface area contributed by atoms with Gasteiger partial charge in [-0.15, -0.1) is 0 Å². The van der Waals surface area contributed by atoms with Gasteiger partial charge in [0.05, 0.1) is 12.3 Å². The molecule has 0 saturated carbocycles. The van der Waals surface area contributed by atoms with Gasteiger partial charge < -0.3 is 15.6 Å². The van der Waals surface area contributed by atoms with Gasteiger partial charge in [0.25, 0.3) is 0 Å². The fourth-order valence-corrected chi connectivity index (χ4v) is 1.73. The average Bonchev–Trinajstić information content (AvgIpc) is 2.67. The van der Waals surface area contributed by atoms with Crippen LogP contribution >= 0.6 is 0 Å². The molecule has 0 bridgehead atoms. The lowest BCUT2D eigenvalue weighted by molar-refractivity contribution is 0.281. The number of aromatic nitrogens is 2. The maximum atomic E-state index is 8.97. The molecular weight excluding hydrogens is 230 g/mol. The van der Waals surface area contributed by atoms with E-state index in [1.54, 1.807) is 23.9 Å². The third-order valence-electron chi connectivity index (χ3n) is 2.76. The first-order chi connectivity index (χ1) is 8.65. The van der Waals surface area contributed by atoms with Crippen molar-refractivity contribution in [3.63, 3.8) is 0 Å². The van der Waals surface area contributed by atoms with Crippen molar-refractivity contribution in [3.05, 3.63) is 35.5 Å². The maximum absolute atomic E-state index is 8.97. The number of benzene rings is 1. The quantitative estimate of drug-likeness (QED) is 0.864. The molecule has 1 heterocycles. The number of nitrogens with zero attached hydrogens (tertiary/aromatic N) is 2. The molecule has 1 aromatic heterocycles. The van der Waals surface area contributed by atoms with Crippen LogP contribution in [0.2, 0.25) is 0 Å². The Morgan fingerprint density at radius 2 is 2.00 bits per heavy atom. The van der Waals surface area contributed by atoms with E-state index >= 15 is 0 Å². The Balaban J connectivity index is 2.25. The second-order valence-corrected chi connectivity index (χ2v) is 4.05. The zero-order valence-corrected chi connectivity index (χ0v) is 10.6. The highest BCUT2D eigenvalue weighted by atomic mass is 16.5. The summed E-state index contributed by atoms with van der Waals surface area (Å²) in [6, 6.07) is 7.21. The summed E-state index contributed by atoms with van der Waals surface area (Å²) in [4.78, 5) is 0. The lowest BCUT2D eigenvalue weighted by Gasteiger charge is -2.07. The van der Waals surface area contributed by atoms with Crippen molar-refractivity contribution in [2.45, 2.75) is 20.0 Å². The summed E-state index contributed by atoms with van der Waals surface area (Å²) in [7, 11) is 1.80. The van der Waals surface area contributed by atoms with Gasteiger partial charge >= 0.3 is 0 Å². The third kappa shape index (κ3) is 2.31. The summed E-state index contributed by atoms with van der Waals surface area (Å²) >= 11 is 0. The SMILES string of the molecule is CCc1nn(C)c(Oc2ccc(CO)cc2)c1N. The number of ether oxygens (including phenoxy) is 1. The van der Waals surface area contributed by atoms with Crippen LogP contribution in [0.1, 0.15) is 18.2 Å². The molecule has 0 saturated heterocycles. The summed E-state index contributed by atoms with van der Waals surface area (Å²) in [5.74, 6) is 1.22. The zero-order valence-electron chi connectivity index (χ0n) is 10.6. The average molecular weight is 247 g/mol. The number of aliphatic hydroxyl groups is 1. The fourth-order valence-electron chi connectivity index (χ4n) is 1.73. The Labute approximate surface area is 106 Å². The molecule has 18 heavy (non-hydrogen) atoms. The summed E-state index contributed by atoms with van der Waals surface area (Å²) in [6.45, 7) is 2.02. The predicted molar refractivity (Wildman–Crippen MR) is 69.4 cm³/mol. The van der Waals surface area contributed by atoms with Crippen molar-refractivity contribution >= 4 is 5.69 Å². The second-order valence-electron chi connectivity index (χ2n) is 4.05. The van der Waals surface area contributed by atoms with Gasteiger partial charge in [-0.05, 0) is 24.1 Å². The Hall–Kier alpha value is -2.01. The van der Waals surface area contributed by atoms with Crippen LogP contribution in [0.15, 0.2) is 24.3 Å². The second kappa shape index (κ2) is 5.10. The van der Waals surface area contributed by atoms with E-state index in [4.69, 9.17) is 15.6 Å². The molecule has 5 heteroatoms. The maximum Gasteiger partial charge on any atom is 0.241 e. The van der Waals surface area contributed by atoms with Crippen LogP contribution in [-0.2, 0) is 20.1 Å². The Bertz CT molecular complexity index is 532. The van der Waals surface area contributed by atoms with Crippen molar-refractivity contribution in [1.82, 2.24) is 9.78 Å². The minimum atomic E-state index is 0.0219. The van der Waals surface area contributed by atoms with Crippen LogP contribution < -0.4 is 10.5 Å². The summed E-state index contributed by atoms with van der Waals surface area (Å²) < 4.78 is 7.35. The molecule has 0 radical (unpaired) electrons. The van der Waals surface area contributed by atoms with E-state index in [-0.39, 0.29) is 6.61 Å². The van der Waals surface area contributed by atoms with Crippen LogP contribution in [0.3, 0.4) is 0 Å². The van der Waals surface area contributed by atoms with Crippen molar-refractivity contribution in [1.29, 1.82) is 0 Å². The number of rotatable bonds is 4. The number of hydrogen-bond donors (Lipinski definition) is 2. The highest BCUT2D eigenvalue weighted by Gasteiger charge is 2.13. The van der Waals surface area contributed by atoms with E-state index in [0.717, 1.165) is 17.7 Å². The molecule has 0 unspecified atom stereocenters. The molecule has 0 atom stereocenters. The Kier molecular flexibility index (Phi) is 3.53. The lowest BCUT2D eigenvalue weighted by atomic mass is 10.2. The molecule has 0 spiro atoms. The monoisotopic (exact) mass is 247 g/mol.